The van der Waals surface area contributed by atoms with Crippen molar-refractivity contribution < 1.29 is 0 Å². The molecule has 1 spiro atoms. The molecule has 1 atom stereocenters. The maximum atomic E-state index is 3.96. The van der Waals surface area contributed by atoms with Gasteiger partial charge in [-0.2, -0.15) is 0 Å². The molecule has 15 heavy (non-hydrogen) atoms. The van der Waals surface area contributed by atoms with Gasteiger partial charge in [0.2, 0.25) is 0 Å². The van der Waals surface area contributed by atoms with Gasteiger partial charge in [0.15, 0.2) is 0 Å². The van der Waals surface area contributed by atoms with Gasteiger partial charge in [0, 0.05) is 13.5 Å². The quantitative estimate of drug-likeness (QED) is 0.461. The maximum absolute atomic E-state index is 3.96. The van der Waals surface area contributed by atoms with Crippen molar-refractivity contribution >= 4 is 39.9 Å². The lowest BCUT2D eigenvalue weighted by Gasteiger charge is -2.25. The number of halogens is 2. The molecule has 0 amide bonds. The van der Waals surface area contributed by atoms with Gasteiger partial charge in [-0.3, -0.25) is 0 Å². The van der Waals surface area contributed by atoms with E-state index in [1.54, 1.807) is 0 Å². The van der Waals surface area contributed by atoms with Crippen LogP contribution in [0.2, 0.25) is 25.7 Å². The molecule has 2 fully saturated rings. The van der Waals surface area contributed by atoms with Crippen LogP contribution in [-0.4, -0.2) is 11.3 Å². The van der Waals surface area contributed by atoms with Crippen molar-refractivity contribution in [2.45, 2.75) is 61.0 Å². The number of alkyl halides is 2. The van der Waals surface area contributed by atoms with E-state index in [0.29, 0.717) is 8.65 Å². The minimum atomic E-state index is -0.917. The van der Waals surface area contributed by atoms with Gasteiger partial charge in [-0.1, -0.05) is 76.8 Å². The summed E-state index contributed by atoms with van der Waals surface area (Å²) >= 11 is 7.93. The Balaban J connectivity index is 2.08. The number of rotatable bonds is 2. The Kier molecular flexibility index (Phi) is 3.23. The van der Waals surface area contributed by atoms with Crippen molar-refractivity contribution in [3.05, 3.63) is 0 Å². The molecular formula is C12H22Br2Si. The van der Waals surface area contributed by atoms with Crippen molar-refractivity contribution in [3.63, 3.8) is 0 Å². The van der Waals surface area contributed by atoms with E-state index in [9.17, 15) is 0 Å². The van der Waals surface area contributed by atoms with Gasteiger partial charge in [-0.05, 0) is 18.8 Å². The summed E-state index contributed by atoms with van der Waals surface area (Å²) in [6.45, 7) is 7.49. The lowest BCUT2D eigenvalue weighted by molar-refractivity contribution is 0.313. The molecule has 2 aliphatic rings. The highest BCUT2D eigenvalue weighted by Gasteiger charge is 2.73. The van der Waals surface area contributed by atoms with E-state index in [2.05, 4.69) is 51.5 Å². The summed E-state index contributed by atoms with van der Waals surface area (Å²) in [6.07, 6.45) is 7.23. The zero-order valence-corrected chi connectivity index (χ0v) is 14.2. The normalized spacial score (nSPS) is 33.0. The molecule has 0 aromatic carbocycles. The molecule has 2 saturated carbocycles. The topological polar surface area (TPSA) is 0 Å². The monoisotopic (exact) mass is 352 g/mol. The molecule has 0 radical (unpaired) electrons. The van der Waals surface area contributed by atoms with E-state index in [0.717, 1.165) is 5.92 Å². The highest BCUT2D eigenvalue weighted by atomic mass is 79.9. The Morgan fingerprint density at radius 2 is 1.60 bits per heavy atom. The van der Waals surface area contributed by atoms with Crippen LogP contribution < -0.4 is 0 Å². The molecule has 2 rings (SSSR count). The van der Waals surface area contributed by atoms with Gasteiger partial charge < -0.3 is 0 Å². The van der Waals surface area contributed by atoms with Crippen molar-refractivity contribution in [1.82, 2.24) is 0 Å². The SMILES string of the molecule is C[Si](C)(C)CC1C(Br)(Br)C12CCCCC2. The molecule has 0 aromatic rings. The Labute approximate surface area is 112 Å². The molecule has 0 heterocycles. The van der Waals surface area contributed by atoms with E-state index in [-0.39, 0.29) is 0 Å². The van der Waals surface area contributed by atoms with Gasteiger partial charge in [0.1, 0.15) is 0 Å². The summed E-state index contributed by atoms with van der Waals surface area (Å²) < 4.78 is 0.299. The zero-order valence-electron chi connectivity index (χ0n) is 10.1. The fraction of sp³-hybridized carbons (Fsp3) is 1.00. The molecule has 0 saturated heterocycles. The van der Waals surface area contributed by atoms with Crippen LogP contribution in [0.3, 0.4) is 0 Å². The molecule has 0 N–H and O–H groups in total. The number of hydrogen-bond donors (Lipinski definition) is 0. The van der Waals surface area contributed by atoms with Gasteiger partial charge in [0.05, 0.1) is 3.23 Å². The first-order valence-electron chi connectivity index (χ1n) is 6.17. The van der Waals surface area contributed by atoms with Crippen molar-refractivity contribution in [2.24, 2.45) is 11.3 Å². The summed E-state index contributed by atoms with van der Waals surface area (Å²) in [7, 11) is -0.917. The predicted octanol–water partition coefficient (Wildman–Crippen LogP) is 5.39. The highest BCUT2D eigenvalue weighted by molar-refractivity contribution is 9.25. The van der Waals surface area contributed by atoms with Crippen LogP contribution in [-0.2, 0) is 0 Å². The lowest BCUT2D eigenvalue weighted by atomic mass is 9.85. The van der Waals surface area contributed by atoms with Crippen molar-refractivity contribution in [1.29, 1.82) is 0 Å². The third-order valence-corrected chi connectivity index (χ3v) is 8.57. The van der Waals surface area contributed by atoms with Crippen molar-refractivity contribution in [2.75, 3.05) is 0 Å². The van der Waals surface area contributed by atoms with E-state index in [4.69, 9.17) is 0 Å². The smallest absolute Gasteiger partial charge is 0.0718 e. The van der Waals surface area contributed by atoms with E-state index in [1.807, 2.05) is 0 Å². The van der Waals surface area contributed by atoms with Crippen LogP contribution in [0.15, 0.2) is 0 Å². The first-order valence-corrected chi connectivity index (χ1v) is 11.5. The van der Waals surface area contributed by atoms with E-state index >= 15 is 0 Å². The van der Waals surface area contributed by atoms with E-state index in [1.165, 1.54) is 38.1 Å². The fourth-order valence-corrected chi connectivity index (χ4v) is 8.23. The Morgan fingerprint density at radius 1 is 1.07 bits per heavy atom. The van der Waals surface area contributed by atoms with Crippen LogP contribution in [0.4, 0.5) is 0 Å². The second-order valence-corrected chi connectivity index (χ2v) is 15.8. The molecule has 0 aliphatic heterocycles. The first-order chi connectivity index (χ1) is 6.80. The molecule has 0 aromatic heterocycles. The Morgan fingerprint density at radius 3 is 2.07 bits per heavy atom. The summed E-state index contributed by atoms with van der Waals surface area (Å²) in [5, 5.41) is 0. The van der Waals surface area contributed by atoms with Crippen LogP contribution >= 0.6 is 31.9 Å². The molecule has 88 valence electrons. The minimum absolute atomic E-state index is 0.299. The van der Waals surface area contributed by atoms with Crippen molar-refractivity contribution in [3.8, 4) is 0 Å². The molecule has 3 heteroatoms. The molecule has 2 aliphatic carbocycles. The minimum Gasteiger partial charge on any atom is -0.0718 e. The van der Waals surface area contributed by atoms with Gasteiger partial charge >= 0.3 is 0 Å². The predicted molar refractivity (Wildman–Crippen MR) is 77.7 cm³/mol. The Hall–Kier alpha value is 1.18. The summed E-state index contributed by atoms with van der Waals surface area (Å²) in [5.74, 6) is 0.900. The average molecular weight is 354 g/mol. The van der Waals surface area contributed by atoms with Gasteiger partial charge in [-0.15, -0.1) is 0 Å². The second kappa shape index (κ2) is 3.84. The largest absolute Gasteiger partial charge is 0.0896 e. The average Bonchev–Trinajstić information content (AvgIpc) is 2.51. The van der Waals surface area contributed by atoms with Gasteiger partial charge in [0.25, 0.3) is 0 Å². The standard InChI is InChI=1S/C12H22Br2Si/c1-15(2,3)9-10-11(12(10,13)14)7-5-4-6-8-11/h10H,4-9H2,1-3H3. The molecule has 0 bridgehead atoms. The molecule has 1 unspecified atom stereocenters. The zero-order chi connectivity index (χ0) is 11.3. The second-order valence-electron chi connectivity index (χ2n) is 6.66. The first kappa shape index (κ1) is 12.6. The summed E-state index contributed by atoms with van der Waals surface area (Å²) in [6, 6.07) is 1.48. The number of hydrogen-bond acceptors (Lipinski definition) is 0. The van der Waals surface area contributed by atoms with Crippen LogP contribution in [0.1, 0.15) is 32.1 Å². The van der Waals surface area contributed by atoms with Crippen LogP contribution in [0.25, 0.3) is 0 Å². The lowest BCUT2D eigenvalue weighted by Crippen LogP contribution is -2.22. The molecule has 0 nitrogen and oxygen atoms in total. The van der Waals surface area contributed by atoms with Crippen LogP contribution in [0, 0.1) is 11.3 Å². The Bertz CT molecular complexity index is 249. The van der Waals surface area contributed by atoms with E-state index < -0.39 is 8.07 Å². The fourth-order valence-electron chi connectivity index (χ4n) is 3.39. The molecular weight excluding hydrogens is 332 g/mol. The highest BCUT2D eigenvalue weighted by Crippen LogP contribution is 2.78. The summed E-state index contributed by atoms with van der Waals surface area (Å²) in [5.41, 5.74) is 0.617. The summed E-state index contributed by atoms with van der Waals surface area (Å²) in [4.78, 5) is 0. The van der Waals surface area contributed by atoms with Crippen LogP contribution in [0.5, 0.6) is 0 Å². The van der Waals surface area contributed by atoms with Gasteiger partial charge in [-0.25, -0.2) is 0 Å². The third kappa shape index (κ3) is 2.13. The maximum Gasteiger partial charge on any atom is 0.0896 e. The third-order valence-electron chi connectivity index (χ3n) is 4.25.